The van der Waals surface area contributed by atoms with E-state index in [2.05, 4.69) is 4.98 Å². The van der Waals surface area contributed by atoms with Crippen molar-refractivity contribution in [1.29, 1.82) is 0 Å². The van der Waals surface area contributed by atoms with Gasteiger partial charge in [-0.15, -0.1) is 11.3 Å². The third kappa shape index (κ3) is 2.06. The van der Waals surface area contributed by atoms with E-state index in [4.69, 9.17) is 5.73 Å². The maximum absolute atomic E-state index is 5.84. The molecule has 1 unspecified atom stereocenters. The van der Waals surface area contributed by atoms with Crippen LogP contribution in [0.3, 0.4) is 0 Å². The molecular weight excluding hydrogens is 200 g/mol. The summed E-state index contributed by atoms with van der Waals surface area (Å²) in [5.74, 6) is 1.27. The lowest BCUT2D eigenvalue weighted by atomic mass is 10.00. The summed E-state index contributed by atoms with van der Waals surface area (Å²) in [6.45, 7) is 0.789. The maximum atomic E-state index is 5.84. The number of nitrogens with zero attached hydrogens (tertiary/aromatic N) is 1. The third-order valence-electron chi connectivity index (χ3n) is 2.51. The molecule has 1 aliphatic heterocycles. The van der Waals surface area contributed by atoms with E-state index in [1.807, 2.05) is 23.3 Å². The first kappa shape index (κ1) is 9.49. The topological polar surface area (TPSA) is 38.9 Å². The van der Waals surface area contributed by atoms with Crippen molar-refractivity contribution in [2.24, 2.45) is 5.73 Å². The fraction of sp³-hybridized carbons (Fsp3) is 0.667. The zero-order valence-electron chi connectivity index (χ0n) is 7.53. The van der Waals surface area contributed by atoms with Crippen molar-refractivity contribution in [3.63, 3.8) is 0 Å². The molecule has 0 amide bonds. The molecule has 0 aromatic carbocycles. The zero-order valence-corrected chi connectivity index (χ0v) is 9.16. The summed E-state index contributed by atoms with van der Waals surface area (Å²) < 4.78 is 0.303. The second-order valence-electron chi connectivity index (χ2n) is 3.44. The Kier molecular flexibility index (Phi) is 2.91. The highest BCUT2D eigenvalue weighted by atomic mass is 32.2. The highest BCUT2D eigenvalue weighted by molar-refractivity contribution is 8.00. The molecule has 13 heavy (non-hydrogen) atoms. The van der Waals surface area contributed by atoms with Gasteiger partial charge in [0.2, 0.25) is 0 Å². The van der Waals surface area contributed by atoms with Crippen LogP contribution in [0, 0.1) is 0 Å². The molecule has 1 atom stereocenters. The fourth-order valence-corrected chi connectivity index (χ4v) is 3.96. The maximum Gasteiger partial charge on any atom is 0.0939 e. The summed E-state index contributed by atoms with van der Waals surface area (Å²) in [7, 11) is 0. The van der Waals surface area contributed by atoms with Crippen LogP contribution in [0.15, 0.2) is 11.6 Å². The van der Waals surface area contributed by atoms with Crippen molar-refractivity contribution >= 4 is 23.1 Å². The zero-order chi connectivity index (χ0) is 9.15. The molecule has 4 heteroatoms. The van der Waals surface area contributed by atoms with Gasteiger partial charge in [0.25, 0.3) is 0 Å². The minimum Gasteiger partial charge on any atom is -0.329 e. The Balaban J connectivity index is 2.06. The molecule has 0 aliphatic carbocycles. The number of nitrogens with two attached hydrogens (primary N) is 1. The molecular formula is C9H14N2S2. The highest BCUT2D eigenvalue weighted by Crippen LogP contribution is 2.40. The average molecular weight is 214 g/mol. The first-order chi connectivity index (χ1) is 6.35. The lowest BCUT2D eigenvalue weighted by Gasteiger charge is -2.24. The molecule has 2 N–H and O–H groups in total. The van der Waals surface area contributed by atoms with Gasteiger partial charge in [-0.25, -0.2) is 4.98 Å². The van der Waals surface area contributed by atoms with Crippen LogP contribution in [0.5, 0.6) is 0 Å². The predicted molar refractivity (Wildman–Crippen MR) is 59.3 cm³/mol. The minimum absolute atomic E-state index is 0.303. The number of thioether (sulfide) groups is 1. The Morgan fingerprint density at radius 3 is 3.08 bits per heavy atom. The summed E-state index contributed by atoms with van der Waals surface area (Å²) in [5.41, 5.74) is 5.84. The quantitative estimate of drug-likeness (QED) is 0.835. The van der Waals surface area contributed by atoms with Gasteiger partial charge in [-0.05, 0) is 18.6 Å². The SMILES string of the molecule is NCC1(Cc2nccs2)CCCS1. The van der Waals surface area contributed by atoms with E-state index in [1.165, 1.54) is 23.6 Å². The summed E-state index contributed by atoms with van der Waals surface area (Å²) in [5, 5.41) is 3.28. The van der Waals surface area contributed by atoms with Gasteiger partial charge in [0, 0.05) is 29.3 Å². The van der Waals surface area contributed by atoms with Crippen molar-refractivity contribution in [1.82, 2.24) is 4.98 Å². The Bertz CT molecular complexity index is 253. The fourth-order valence-electron chi connectivity index (χ4n) is 1.74. The number of thiazole rings is 1. The Morgan fingerprint density at radius 1 is 1.62 bits per heavy atom. The van der Waals surface area contributed by atoms with Crippen molar-refractivity contribution < 1.29 is 0 Å². The van der Waals surface area contributed by atoms with Gasteiger partial charge < -0.3 is 5.73 Å². The van der Waals surface area contributed by atoms with Crippen LogP contribution >= 0.6 is 23.1 Å². The van der Waals surface area contributed by atoms with Gasteiger partial charge in [-0.3, -0.25) is 0 Å². The monoisotopic (exact) mass is 214 g/mol. The van der Waals surface area contributed by atoms with Crippen LogP contribution in [-0.2, 0) is 6.42 Å². The molecule has 0 spiro atoms. The molecule has 72 valence electrons. The Morgan fingerprint density at radius 2 is 2.54 bits per heavy atom. The van der Waals surface area contributed by atoms with E-state index >= 15 is 0 Å². The Hall–Kier alpha value is -0.0600. The summed E-state index contributed by atoms with van der Waals surface area (Å²) in [6.07, 6.45) is 5.51. The van der Waals surface area contributed by atoms with Gasteiger partial charge in [-0.1, -0.05) is 0 Å². The number of hydrogen-bond acceptors (Lipinski definition) is 4. The van der Waals surface area contributed by atoms with Gasteiger partial charge in [0.05, 0.1) is 5.01 Å². The van der Waals surface area contributed by atoms with Gasteiger partial charge in [-0.2, -0.15) is 11.8 Å². The van der Waals surface area contributed by atoms with E-state index in [0.717, 1.165) is 13.0 Å². The first-order valence-electron chi connectivity index (χ1n) is 4.57. The Labute approximate surface area is 86.9 Å². The van der Waals surface area contributed by atoms with Crippen LogP contribution in [0.2, 0.25) is 0 Å². The molecule has 2 heterocycles. The minimum atomic E-state index is 0.303. The van der Waals surface area contributed by atoms with Crippen LogP contribution in [0.25, 0.3) is 0 Å². The van der Waals surface area contributed by atoms with Gasteiger partial charge in [0.15, 0.2) is 0 Å². The molecule has 1 aliphatic rings. The highest BCUT2D eigenvalue weighted by Gasteiger charge is 2.34. The van der Waals surface area contributed by atoms with E-state index in [1.54, 1.807) is 11.3 Å². The lowest BCUT2D eigenvalue weighted by Crippen LogP contribution is -2.34. The molecule has 0 saturated carbocycles. The lowest BCUT2D eigenvalue weighted by molar-refractivity contribution is 0.563. The third-order valence-corrected chi connectivity index (χ3v) is 4.91. The van der Waals surface area contributed by atoms with E-state index in [0.29, 0.717) is 4.75 Å². The standard InChI is InChI=1S/C9H14N2S2/c10-7-9(2-1-4-13-9)6-8-11-3-5-12-8/h3,5H,1-2,4,6-7,10H2. The normalized spacial score (nSPS) is 28.1. The molecule has 1 aromatic heterocycles. The molecule has 1 saturated heterocycles. The molecule has 2 rings (SSSR count). The van der Waals surface area contributed by atoms with E-state index in [9.17, 15) is 0 Å². The van der Waals surface area contributed by atoms with Gasteiger partial charge in [0.1, 0.15) is 0 Å². The summed E-state index contributed by atoms with van der Waals surface area (Å²) in [6, 6.07) is 0. The second-order valence-corrected chi connectivity index (χ2v) is 5.98. The van der Waals surface area contributed by atoms with Crippen LogP contribution in [0.4, 0.5) is 0 Å². The smallest absolute Gasteiger partial charge is 0.0939 e. The van der Waals surface area contributed by atoms with E-state index < -0.39 is 0 Å². The molecule has 1 fully saturated rings. The molecule has 2 nitrogen and oxygen atoms in total. The number of aromatic nitrogens is 1. The van der Waals surface area contributed by atoms with Crippen molar-refractivity contribution in [2.75, 3.05) is 12.3 Å². The summed E-state index contributed by atoms with van der Waals surface area (Å²) in [4.78, 5) is 4.32. The average Bonchev–Trinajstić information content (AvgIpc) is 2.77. The number of rotatable bonds is 3. The molecule has 0 radical (unpaired) electrons. The number of hydrogen-bond donors (Lipinski definition) is 1. The summed E-state index contributed by atoms with van der Waals surface area (Å²) >= 11 is 3.77. The van der Waals surface area contributed by atoms with Crippen LogP contribution in [0.1, 0.15) is 17.8 Å². The van der Waals surface area contributed by atoms with Crippen molar-refractivity contribution in [2.45, 2.75) is 24.0 Å². The molecule has 0 bridgehead atoms. The van der Waals surface area contributed by atoms with Crippen LogP contribution < -0.4 is 5.73 Å². The van der Waals surface area contributed by atoms with Crippen LogP contribution in [-0.4, -0.2) is 22.0 Å². The van der Waals surface area contributed by atoms with Gasteiger partial charge >= 0.3 is 0 Å². The first-order valence-corrected chi connectivity index (χ1v) is 6.44. The van der Waals surface area contributed by atoms with Crippen molar-refractivity contribution in [3.8, 4) is 0 Å². The second kappa shape index (κ2) is 3.98. The predicted octanol–water partition coefficient (Wildman–Crippen LogP) is 1.91. The van der Waals surface area contributed by atoms with E-state index in [-0.39, 0.29) is 0 Å². The largest absolute Gasteiger partial charge is 0.329 e. The van der Waals surface area contributed by atoms with Crippen molar-refractivity contribution in [3.05, 3.63) is 16.6 Å². The molecule has 1 aromatic rings.